The number of rotatable bonds is 4. The highest BCUT2D eigenvalue weighted by Gasteiger charge is 2.49. The van der Waals surface area contributed by atoms with E-state index in [4.69, 9.17) is 12.2 Å². The van der Waals surface area contributed by atoms with E-state index in [1.807, 2.05) is 13.8 Å². The maximum Gasteiger partial charge on any atom is 0.248 e. The molecule has 4 nitrogen and oxygen atoms in total. The van der Waals surface area contributed by atoms with Gasteiger partial charge in [-0.1, -0.05) is 25.5 Å². The Morgan fingerprint density at radius 3 is 2.53 bits per heavy atom. The van der Waals surface area contributed by atoms with Crippen molar-refractivity contribution in [2.75, 3.05) is 6.54 Å². The molecule has 0 aromatic rings. The van der Waals surface area contributed by atoms with Crippen LogP contribution in [0.3, 0.4) is 0 Å². The van der Waals surface area contributed by atoms with E-state index in [1.54, 1.807) is 19.1 Å². The summed E-state index contributed by atoms with van der Waals surface area (Å²) in [6, 6.07) is 0. The molecule has 17 heavy (non-hydrogen) atoms. The molecule has 5 heteroatoms. The molecule has 0 unspecified atom stereocenters. The molecule has 1 rings (SSSR count). The van der Waals surface area contributed by atoms with Gasteiger partial charge in [0.25, 0.3) is 0 Å². The standard InChI is InChI=1S/C12H18N2O2S/c1-4-7-12(8-5-2)9(15)13-11(17)14(6-3)10(12)16/h4,7H,5-6,8H2,1-3H3,(H,13,15,17)/b7-4+/t12-/m1/s1. The number of thiocarbonyl (C=S) groups is 1. The van der Waals surface area contributed by atoms with Crippen molar-refractivity contribution < 1.29 is 9.59 Å². The first-order chi connectivity index (χ1) is 8.03. The fraction of sp³-hybridized carbons (Fsp3) is 0.583. The Hall–Kier alpha value is -1.23. The lowest BCUT2D eigenvalue weighted by molar-refractivity contribution is -0.146. The zero-order valence-corrected chi connectivity index (χ0v) is 11.3. The molecular formula is C12H18N2O2S. The van der Waals surface area contributed by atoms with Gasteiger partial charge < -0.3 is 5.32 Å². The van der Waals surface area contributed by atoms with Crippen LogP contribution in [0.1, 0.15) is 33.6 Å². The first kappa shape index (κ1) is 13.8. The molecule has 0 spiro atoms. The van der Waals surface area contributed by atoms with E-state index in [-0.39, 0.29) is 16.9 Å². The minimum Gasteiger partial charge on any atom is -0.301 e. The highest BCUT2D eigenvalue weighted by molar-refractivity contribution is 7.80. The second kappa shape index (κ2) is 5.40. The normalized spacial score (nSPS) is 25.6. The van der Waals surface area contributed by atoms with Crippen molar-refractivity contribution in [1.29, 1.82) is 0 Å². The highest BCUT2D eigenvalue weighted by Crippen LogP contribution is 2.32. The first-order valence-electron chi connectivity index (χ1n) is 5.84. The third-order valence-electron chi connectivity index (χ3n) is 2.91. The lowest BCUT2D eigenvalue weighted by atomic mass is 9.79. The molecule has 0 aliphatic carbocycles. The van der Waals surface area contributed by atoms with Gasteiger partial charge in [-0.2, -0.15) is 0 Å². The lowest BCUT2D eigenvalue weighted by Gasteiger charge is -2.38. The number of nitrogens with one attached hydrogen (secondary N) is 1. The Kier molecular flexibility index (Phi) is 4.40. The van der Waals surface area contributed by atoms with Crippen LogP contribution in [0.4, 0.5) is 0 Å². The van der Waals surface area contributed by atoms with Crippen molar-refractivity contribution >= 4 is 29.1 Å². The molecule has 0 bridgehead atoms. The fourth-order valence-electron chi connectivity index (χ4n) is 2.12. The van der Waals surface area contributed by atoms with Crippen molar-refractivity contribution in [3.8, 4) is 0 Å². The van der Waals surface area contributed by atoms with Crippen molar-refractivity contribution in [3.63, 3.8) is 0 Å². The molecule has 2 amide bonds. The zero-order valence-electron chi connectivity index (χ0n) is 10.4. The molecule has 1 atom stereocenters. The molecule has 1 N–H and O–H groups in total. The Morgan fingerprint density at radius 2 is 2.06 bits per heavy atom. The number of carbonyl (C=O) groups is 2. The average molecular weight is 254 g/mol. The van der Waals surface area contributed by atoms with Gasteiger partial charge >= 0.3 is 0 Å². The van der Waals surface area contributed by atoms with Gasteiger partial charge in [-0.3, -0.25) is 14.5 Å². The summed E-state index contributed by atoms with van der Waals surface area (Å²) in [6.45, 7) is 6.07. The van der Waals surface area contributed by atoms with E-state index >= 15 is 0 Å². The maximum absolute atomic E-state index is 12.4. The predicted molar refractivity (Wildman–Crippen MR) is 70.3 cm³/mol. The molecule has 1 aliphatic heterocycles. The quantitative estimate of drug-likeness (QED) is 0.471. The summed E-state index contributed by atoms with van der Waals surface area (Å²) in [5.41, 5.74) is -1.08. The SMILES string of the molecule is C/C=C/[C@@]1(CCC)C(=O)NC(=S)N(CC)C1=O. The van der Waals surface area contributed by atoms with Gasteiger partial charge in [0.15, 0.2) is 5.11 Å². The zero-order chi connectivity index (χ0) is 13.1. The van der Waals surface area contributed by atoms with E-state index in [2.05, 4.69) is 5.32 Å². The summed E-state index contributed by atoms with van der Waals surface area (Å²) in [7, 11) is 0. The third-order valence-corrected chi connectivity index (χ3v) is 3.23. The van der Waals surface area contributed by atoms with Gasteiger partial charge in [-0.15, -0.1) is 0 Å². The van der Waals surface area contributed by atoms with Crippen LogP contribution in [0.15, 0.2) is 12.2 Å². The fourth-order valence-corrected chi connectivity index (χ4v) is 2.43. The molecule has 0 aromatic heterocycles. The molecular weight excluding hydrogens is 236 g/mol. The molecule has 1 fully saturated rings. The number of hydrogen-bond acceptors (Lipinski definition) is 3. The third kappa shape index (κ3) is 2.24. The van der Waals surface area contributed by atoms with Gasteiger partial charge in [-0.25, -0.2) is 0 Å². The van der Waals surface area contributed by atoms with Gasteiger partial charge in [0.2, 0.25) is 11.8 Å². The van der Waals surface area contributed by atoms with Gasteiger partial charge in [0.05, 0.1) is 0 Å². The maximum atomic E-state index is 12.4. The first-order valence-corrected chi connectivity index (χ1v) is 6.25. The largest absolute Gasteiger partial charge is 0.301 e. The molecule has 1 saturated heterocycles. The molecule has 0 aromatic carbocycles. The van der Waals surface area contributed by atoms with Gasteiger partial charge in [0.1, 0.15) is 5.41 Å². The molecule has 1 aliphatic rings. The van der Waals surface area contributed by atoms with Crippen LogP contribution >= 0.6 is 12.2 Å². The summed E-state index contributed by atoms with van der Waals surface area (Å²) in [4.78, 5) is 25.9. The van der Waals surface area contributed by atoms with Crippen molar-refractivity contribution in [2.45, 2.75) is 33.6 Å². The van der Waals surface area contributed by atoms with E-state index in [1.165, 1.54) is 4.90 Å². The van der Waals surface area contributed by atoms with E-state index in [0.29, 0.717) is 13.0 Å². The minimum atomic E-state index is -1.08. The number of carbonyl (C=O) groups excluding carboxylic acids is 2. The second-order valence-electron chi connectivity index (χ2n) is 4.03. The van der Waals surface area contributed by atoms with Gasteiger partial charge in [-0.05, 0) is 32.5 Å². The molecule has 0 saturated carbocycles. The second-order valence-corrected chi connectivity index (χ2v) is 4.42. The minimum absolute atomic E-state index is 0.207. The van der Waals surface area contributed by atoms with Crippen molar-refractivity contribution in [1.82, 2.24) is 10.2 Å². The molecule has 1 heterocycles. The van der Waals surface area contributed by atoms with Crippen molar-refractivity contribution in [3.05, 3.63) is 12.2 Å². The predicted octanol–water partition coefficient (Wildman–Crippen LogP) is 1.61. The monoisotopic (exact) mass is 254 g/mol. The molecule has 94 valence electrons. The number of hydrogen-bond donors (Lipinski definition) is 1. The van der Waals surface area contributed by atoms with Crippen LogP contribution in [0.5, 0.6) is 0 Å². The summed E-state index contributed by atoms with van der Waals surface area (Å²) in [6.07, 6.45) is 4.68. The lowest BCUT2D eigenvalue weighted by Crippen LogP contribution is -2.63. The number of allylic oxidation sites excluding steroid dienone is 1. The van der Waals surface area contributed by atoms with Crippen LogP contribution in [-0.4, -0.2) is 28.4 Å². The highest BCUT2D eigenvalue weighted by atomic mass is 32.1. The van der Waals surface area contributed by atoms with Crippen LogP contribution in [0, 0.1) is 5.41 Å². The van der Waals surface area contributed by atoms with Crippen LogP contribution in [-0.2, 0) is 9.59 Å². The summed E-state index contributed by atoms with van der Waals surface area (Å²) in [5.74, 6) is -0.522. The Balaban J connectivity index is 3.21. The number of nitrogens with zero attached hydrogens (tertiary/aromatic N) is 1. The summed E-state index contributed by atoms with van der Waals surface area (Å²) in [5, 5.41) is 2.82. The van der Waals surface area contributed by atoms with Crippen LogP contribution < -0.4 is 5.32 Å². The van der Waals surface area contributed by atoms with Crippen LogP contribution in [0.25, 0.3) is 0 Å². The van der Waals surface area contributed by atoms with Crippen molar-refractivity contribution in [2.24, 2.45) is 5.41 Å². The Morgan fingerprint density at radius 1 is 1.41 bits per heavy atom. The summed E-state index contributed by atoms with van der Waals surface area (Å²) >= 11 is 5.00. The average Bonchev–Trinajstić information content (AvgIpc) is 2.27. The Labute approximate surface area is 107 Å². The van der Waals surface area contributed by atoms with Gasteiger partial charge in [0, 0.05) is 6.54 Å². The summed E-state index contributed by atoms with van der Waals surface area (Å²) < 4.78 is 0. The van der Waals surface area contributed by atoms with E-state index in [9.17, 15) is 9.59 Å². The molecule has 0 radical (unpaired) electrons. The Bertz CT molecular complexity index is 379. The number of amides is 2. The topological polar surface area (TPSA) is 49.4 Å². The smallest absolute Gasteiger partial charge is 0.248 e. The van der Waals surface area contributed by atoms with E-state index in [0.717, 1.165) is 6.42 Å². The van der Waals surface area contributed by atoms with E-state index < -0.39 is 5.41 Å². The van der Waals surface area contributed by atoms with Crippen LogP contribution in [0.2, 0.25) is 0 Å².